The minimum atomic E-state index is 0.557. The topological polar surface area (TPSA) is 39.7 Å². The van der Waals surface area contributed by atoms with E-state index in [1.165, 1.54) is 24.0 Å². The smallest absolute Gasteiger partial charge is 0.0942 e. The minimum absolute atomic E-state index is 0.557. The quantitative estimate of drug-likeness (QED) is 0.500. The third kappa shape index (κ3) is 6.81. The van der Waals surface area contributed by atoms with Crippen LogP contribution in [-0.4, -0.2) is 6.54 Å². The van der Waals surface area contributed by atoms with Gasteiger partial charge in [-0.25, -0.2) is 0 Å². The monoisotopic (exact) mass is 225 g/mol. The summed E-state index contributed by atoms with van der Waals surface area (Å²) in [6.07, 6.45) is 9.02. The van der Waals surface area contributed by atoms with Gasteiger partial charge in [0, 0.05) is 0 Å². The molecule has 16 heavy (non-hydrogen) atoms. The number of hydrogen-bond acceptors (Lipinski definition) is 1. The molecule has 2 N–H and O–H groups in total. The van der Waals surface area contributed by atoms with Crippen molar-refractivity contribution in [2.24, 2.45) is 5.92 Å². The lowest BCUT2D eigenvalue weighted by molar-refractivity contribution is -0.578. The molecule has 0 amide bonds. The lowest BCUT2D eigenvalue weighted by Gasteiger charge is -2.12. The SMILES string of the molecule is CCC(CC)C(C)=CCC/C(C)=C/C[NH2+][O-]. The van der Waals surface area contributed by atoms with Crippen LogP contribution in [0.3, 0.4) is 0 Å². The average Bonchev–Trinajstić information content (AvgIpc) is 2.28. The largest absolute Gasteiger partial charge is 0.636 e. The van der Waals surface area contributed by atoms with Gasteiger partial charge in [-0.15, -0.1) is 0 Å². The number of nitrogens with two attached hydrogens (primary N) is 1. The van der Waals surface area contributed by atoms with Gasteiger partial charge < -0.3 is 10.7 Å². The molecule has 2 heteroatoms. The zero-order valence-electron chi connectivity index (χ0n) is 11.3. The molecular formula is C14H27NO. The molecule has 0 aromatic heterocycles. The van der Waals surface area contributed by atoms with E-state index in [4.69, 9.17) is 0 Å². The molecule has 0 fully saturated rings. The second-order valence-electron chi connectivity index (χ2n) is 4.45. The van der Waals surface area contributed by atoms with E-state index in [9.17, 15) is 5.21 Å². The summed E-state index contributed by atoms with van der Waals surface area (Å²) in [7, 11) is 0. The Morgan fingerprint density at radius 2 is 1.81 bits per heavy atom. The molecule has 0 rings (SSSR count). The highest BCUT2D eigenvalue weighted by Crippen LogP contribution is 2.19. The number of allylic oxidation sites excluding steroid dienone is 3. The van der Waals surface area contributed by atoms with E-state index in [-0.39, 0.29) is 0 Å². The molecule has 0 aliphatic carbocycles. The van der Waals surface area contributed by atoms with Crippen molar-refractivity contribution in [3.05, 3.63) is 28.5 Å². The first-order valence-corrected chi connectivity index (χ1v) is 6.41. The number of rotatable bonds is 8. The summed E-state index contributed by atoms with van der Waals surface area (Å²) >= 11 is 0. The van der Waals surface area contributed by atoms with Gasteiger partial charge >= 0.3 is 0 Å². The van der Waals surface area contributed by atoms with Gasteiger partial charge in [0.15, 0.2) is 0 Å². The second-order valence-corrected chi connectivity index (χ2v) is 4.45. The minimum Gasteiger partial charge on any atom is -0.636 e. The predicted molar refractivity (Wildman–Crippen MR) is 71.0 cm³/mol. The molecule has 0 radical (unpaired) electrons. The zero-order chi connectivity index (χ0) is 12.4. The maximum Gasteiger partial charge on any atom is 0.0942 e. The summed E-state index contributed by atoms with van der Waals surface area (Å²) < 4.78 is 0. The van der Waals surface area contributed by atoms with E-state index in [1.807, 2.05) is 6.08 Å². The normalized spacial score (nSPS) is 13.6. The molecule has 0 atom stereocenters. The van der Waals surface area contributed by atoms with Gasteiger partial charge in [0.1, 0.15) is 0 Å². The molecule has 94 valence electrons. The molecule has 2 nitrogen and oxygen atoms in total. The molecule has 0 aromatic rings. The van der Waals surface area contributed by atoms with Crippen molar-refractivity contribution in [2.45, 2.75) is 53.4 Å². The van der Waals surface area contributed by atoms with Gasteiger partial charge in [-0.3, -0.25) is 0 Å². The van der Waals surface area contributed by atoms with Gasteiger partial charge in [0.05, 0.1) is 6.54 Å². The first kappa shape index (κ1) is 15.4. The van der Waals surface area contributed by atoms with Crippen LogP contribution in [0.4, 0.5) is 0 Å². The Labute approximate surface area is 100 Å². The Morgan fingerprint density at radius 1 is 1.19 bits per heavy atom. The maximum absolute atomic E-state index is 10.2. The number of hydrogen-bond donors (Lipinski definition) is 1. The molecule has 0 heterocycles. The second kappa shape index (κ2) is 9.61. The van der Waals surface area contributed by atoms with E-state index in [2.05, 4.69) is 33.8 Å². The Morgan fingerprint density at radius 3 is 2.31 bits per heavy atom. The fourth-order valence-electron chi connectivity index (χ4n) is 1.98. The van der Waals surface area contributed by atoms with Gasteiger partial charge in [-0.05, 0) is 51.5 Å². The molecule has 0 aliphatic heterocycles. The van der Waals surface area contributed by atoms with Crippen molar-refractivity contribution >= 4 is 0 Å². The van der Waals surface area contributed by atoms with Crippen molar-refractivity contribution in [1.82, 2.24) is 0 Å². The average molecular weight is 225 g/mol. The van der Waals surface area contributed by atoms with E-state index >= 15 is 0 Å². The molecule has 0 saturated heterocycles. The molecule has 0 spiro atoms. The maximum atomic E-state index is 10.2. The van der Waals surface area contributed by atoms with Crippen LogP contribution in [0.15, 0.2) is 23.3 Å². The van der Waals surface area contributed by atoms with Crippen molar-refractivity contribution in [2.75, 3.05) is 6.54 Å². The third-order valence-electron chi connectivity index (χ3n) is 3.20. The highest BCUT2D eigenvalue weighted by Gasteiger charge is 2.04. The summed E-state index contributed by atoms with van der Waals surface area (Å²) in [5, 5.41) is 10.2. The highest BCUT2D eigenvalue weighted by atomic mass is 16.5. The van der Waals surface area contributed by atoms with Crippen LogP contribution in [0.2, 0.25) is 0 Å². The molecule has 0 saturated carbocycles. The van der Waals surface area contributed by atoms with Gasteiger partial charge in [-0.2, -0.15) is 0 Å². The van der Waals surface area contributed by atoms with Gasteiger partial charge in [-0.1, -0.05) is 31.1 Å². The number of quaternary nitrogens is 1. The first-order valence-electron chi connectivity index (χ1n) is 6.41. The Kier molecular flexibility index (Phi) is 9.25. The predicted octanol–water partition coefficient (Wildman–Crippen LogP) is 3.16. The molecule has 0 bridgehead atoms. The first-order chi connectivity index (χ1) is 7.65. The molecule has 0 aromatic carbocycles. The fraction of sp³-hybridized carbons (Fsp3) is 0.714. The molecular weight excluding hydrogens is 198 g/mol. The van der Waals surface area contributed by atoms with Crippen LogP contribution in [-0.2, 0) is 0 Å². The standard InChI is InChI=1S/C14H27NO/c1-5-14(6-2)13(4)9-7-8-12(3)10-11-15-16/h9-10,14H,5-8,11,15H2,1-4H3/b12-10+,13-9?. The Bertz CT molecular complexity index is 227. The summed E-state index contributed by atoms with van der Waals surface area (Å²) in [6, 6.07) is 0. The summed E-state index contributed by atoms with van der Waals surface area (Å²) in [4.78, 5) is 0. The van der Waals surface area contributed by atoms with E-state index < -0.39 is 0 Å². The fourth-order valence-corrected chi connectivity index (χ4v) is 1.98. The summed E-state index contributed by atoms with van der Waals surface area (Å²) in [5.74, 6) is 0.749. The molecule has 0 aliphatic rings. The summed E-state index contributed by atoms with van der Waals surface area (Å²) in [6.45, 7) is 9.40. The van der Waals surface area contributed by atoms with Crippen LogP contribution >= 0.6 is 0 Å². The van der Waals surface area contributed by atoms with Crippen LogP contribution in [0.5, 0.6) is 0 Å². The number of hydroxylamine groups is 1. The van der Waals surface area contributed by atoms with Gasteiger partial charge in [0.25, 0.3) is 0 Å². The van der Waals surface area contributed by atoms with E-state index in [0.29, 0.717) is 6.54 Å². The Balaban J connectivity index is 3.98. The lowest BCUT2D eigenvalue weighted by Crippen LogP contribution is -2.76. The van der Waals surface area contributed by atoms with Crippen LogP contribution < -0.4 is 5.48 Å². The Hall–Kier alpha value is -0.600. The van der Waals surface area contributed by atoms with Crippen molar-refractivity contribution in [3.63, 3.8) is 0 Å². The van der Waals surface area contributed by atoms with Crippen LogP contribution in [0, 0.1) is 11.1 Å². The summed E-state index contributed by atoms with van der Waals surface area (Å²) in [5.41, 5.74) is 3.79. The van der Waals surface area contributed by atoms with E-state index in [0.717, 1.165) is 24.2 Å². The van der Waals surface area contributed by atoms with Crippen molar-refractivity contribution in [1.29, 1.82) is 0 Å². The lowest BCUT2D eigenvalue weighted by atomic mass is 9.93. The van der Waals surface area contributed by atoms with Crippen LogP contribution in [0.1, 0.15) is 53.4 Å². The zero-order valence-corrected chi connectivity index (χ0v) is 11.3. The van der Waals surface area contributed by atoms with Gasteiger partial charge in [0.2, 0.25) is 0 Å². The van der Waals surface area contributed by atoms with Crippen LogP contribution in [0.25, 0.3) is 0 Å². The van der Waals surface area contributed by atoms with Crippen molar-refractivity contribution in [3.8, 4) is 0 Å². The molecule has 0 unspecified atom stereocenters. The third-order valence-corrected chi connectivity index (χ3v) is 3.20. The van der Waals surface area contributed by atoms with E-state index in [1.54, 1.807) is 0 Å². The highest BCUT2D eigenvalue weighted by molar-refractivity contribution is 5.06. The van der Waals surface area contributed by atoms with Crippen molar-refractivity contribution < 1.29 is 5.48 Å².